The fourth-order valence-electron chi connectivity index (χ4n) is 5.89. The van der Waals surface area contributed by atoms with Crippen LogP contribution in [-0.2, 0) is 4.74 Å². The van der Waals surface area contributed by atoms with E-state index in [0.29, 0.717) is 12.1 Å². The van der Waals surface area contributed by atoms with Crippen molar-refractivity contribution in [2.24, 2.45) is 23.7 Å². The molecule has 3 nitrogen and oxygen atoms in total. The fourth-order valence-corrected chi connectivity index (χ4v) is 5.89. The van der Waals surface area contributed by atoms with Gasteiger partial charge in [-0.3, -0.25) is 0 Å². The Labute approximate surface area is 123 Å². The summed E-state index contributed by atoms with van der Waals surface area (Å²) in [5.74, 6) is 4.26. The first-order chi connectivity index (χ1) is 9.81. The van der Waals surface area contributed by atoms with Crippen LogP contribution in [-0.4, -0.2) is 37.9 Å². The Kier molecular flexibility index (Phi) is 3.78. The predicted octanol–water partition coefficient (Wildman–Crippen LogP) is 2.17. The molecule has 1 heterocycles. The molecular formula is C17H30N2O. The average molecular weight is 278 g/mol. The molecule has 0 aromatic rings. The summed E-state index contributed by atoms with van der Waals surface area (Å²) < 4.78 is 5.57. The van der Waals surface area contributed by atoms with Gasteiger partial charge in [-0.05, 0) is 62.7 Å². The van der Waals surface area contributed by atoms with Crippen LogP contribution in [0.1, 0.15) is 45.4 Å². The zero-order valence-corrected chi connectivity index (χ0v) is 12.8. The van der Waals surface area contributed by atoms with Crippen molar-refractivity contribution in [3.63, 3.8) is 0 Å². The van der Waals surface area contributed by atoms with Crippen molar-refractivity contribution in [1.29, 1.82) is 0 Å². The molecule has 7 atom stereocenters. The maximum atomic E-state index is 5.57. The maximum absolute atomic E-state index is 5.57. The Balaban J connectivity index is 1.29. The van der Waals surface area contributed by atoms with Crippen LogP contribution in [0.4, 0.5) is 0 Å². The van der Waals surface area contributed by atoms with Gasteiger partial charge in [-0.15, -0.1) is 0 Å². The Morgan fingerprint density at radius 1 is 1.20 bits per heavy atom. The quantitative estimate of drug-likeness (QED) is 0.827. The van der Waals surface area contributed by atoms with Crippen molar-refractivity contribution in [2.75, 3.05) is 19.8 Å². The van der Waals surface area contributed by atoms with E-state index in [1.165, 1.54) is 38.5 Å². The molecule has 1 saturated heterocycles. The van der Waals surface area contributed by atoms with E-state index in [1.54, 1.807) is 0 Å². The van der Waals surface area contributed by atoms with Gasteiger partial charge in [0.1, 0.15) is 0 Å². The van der Waals surface area contributed by atoms with E-state index in [0.717, 1.165) is 49.5 Å². The van der Waals surface area contributed by atoms with Gasteiger partial charge in [-0.1, -0.05) is 6.42 Å². The van der Waals surface area contributed by atoms with Gasteiger partial charge >= 0.3 is 0 Å². The summed E-state index contributed by atoms with van der Waals surface area (Å²) in [6, 6.07) is 2.00. The molecule has 0 aromatic carbocycles. The third-order valence-corrected chi connectivity index (χ3v) is 6.56. The van der Waals surface area contributed by atoms with Crippen LogP contribution in [0.25, 0.3) is 0 Å². The van der Waals surface area contributed by atoms with E-state index >= 15 is 0 Å². The van der Waals surface area contributed by atoms with Crippen LogP contribution < -0.4 is 10.6 Å². The lowest BCUT2D eigenvalue weighted by atomic mass is 9.79. The number of nitrogens with one attached hydrogen (secondary N) is 2. The molecule has 4 rings (SSSR count). The molecule has 114 valence electrons. The minimum absolute atomic E-state index is 0.559. The molecule has 2 N–H and O–H groups in total. The van der Waals surface area contributed by atoms with E-state index in [2.05, 4.69) is 17.6 Å². The molecule has 0 spiro atoms. The number of hydrogen-bond donors (Lipinski definition) is 2. The van der Waals surface area contributed by atoms with Gasteiger partial charge < -0.3 is 15.4 Å². The van der Waals surface area contributed by atoms with Crippen LogP contribution in [0.2, 0.25) is 0 Å². The molecule has 2 bridgehead atoms. The van der Waals surface area contributed by atoms with E-state index in [4.69, 9.17) is 4.74 Å². The van der Waals surface area contributed by atoms with Crippen molar-refractivity contribution in [3.05, 3.63) is 0 Å². The summed E-state index contributed by atoms with van der Waals surface area (Å²) in [7, 11) is 0. The SMILES string of the molecule is CC(CC1COCCN1)NC1CC2CC1C1CCCC21. The number of rotatable bonds is 4. The fraction of sp³-hybridized carbons (Fsp3) is 1.00. The van der Waals surface area contributed by atoms with Crippen LogP contribution in [0.5, 0.6) is 0 Å². The standard InChI is InChI=1S/C17H30N2O/c1-11(7-13-10-20-6-5-18-13)19-17-9-12-8-16(17)15-4-2-3-14(12)15/h11-19H,2-10H2,1H3. The first-order valence-electron chi connectivity index (χ1n) is 8.88. The molecule has 4 aliphatic rings. The van der Waals surface area contributed by atoms with Gasteiger partial charge in [-0.25, -0.2) is 0 Å². The third kappa shape index (κ3) is 2.42. The lowest BCUT2D eigenvalue weighted by Crippen LogP contribution is -2.48. The highest BCUT2D eigenvalue weighted by Crippen LogP contribution is 2.58. The summed E-state index contributed by atoms with van der Waals surface area (Å²) in [5.41, 5.74) is 0. The molecule has 0 amide bonds. The van der Waals surface area contributed by atoms with Crippen LogP contribution in [0, 0.1) is 23.7 Å². The first-order valence-corrected chi connectivity index (χ1v) is 8.88. The van der Waals surface area contributed by atoms with Gasteiger partial charge in [0.2, 0.25) is 0 Å². The predicted molar refractivity (Wildman–Crippen MR) is 80.7 cm³/mol. The normalized spacial score (nSPS) is 48.5. The Morgan fingerprint density at radius 3 is 2.95 bits per heavy atom. The lowest BCUT2D eigenvalue weighted by molar-refractivity contribution is 0.0697. The van der Waals surface area contributed by atoms with E-state index in [9.17, 15) is 0 Å². The Morgan fingerprint density at radius 2 is 2.10 bits per heavy atom. The van der Waals surface area contributed by atoms with Crippen molar-refractivity contribution in [2.45, 2.75) is 63.6 Å². The van der Waals surface area contributed by atoms with Gasteiger partial charge in [0.25, 0.3) is 0 Å². The second kappa shape index (κ2) is 5.58. The number of fused-ring (bicyclic) bond motifs is 5. The Bertz CT molecular complexity index is 342. The second-order valence-corrected chi connectivity index (χ2v) is 7.79. The van der Waals surface area contributed by atoms with Crippen LogP contribution >= 0.6 is 0 Å². The zero-order chi connectivity index (χ0) is 13.5. The molecule has 7 unspecified atom stereocenters. The van der Waals surface area contributed by atoms with Crippen LogP contribution in [0.3, 0.4) is 0 Å². The molecule has 3 heteroatoms. The van der Waals surface area contributed by atoms with Crippen molar-refractivity contribution >= 4 is 0 Å². The highest BCUT2D eigenvalue weighted by molar-refractivity contribution is 5.06. The van der Waals surface area contributed by atoms with Crippen LogP contribution in [0.15, 0.2) is 0 Å². The molecule has 1 aliphatic heterocycles. The smallest absolute Gasteiger partial charge is 0.0620 e. The van der Waals surface area contributed by atoms with Gasteiger partial charge in [0, 0.05) is 24.7 Å². The molecule has 3 saturated carbocycles. The highest BCUT2D eigenvalue weighted by atomic mass is 16.5. The number of morpholine rings is 1. The maximum Gasteiger partial charge on any atom is 0.0620 e. The first kappa shape index (κ1) is 13.5. The summed E-state index contributed by atoms with van der Waals surface area (Å²) in [6.45, 7) is 5.17. The minimum Gasteiger partial charge on any atom is -0.379 e. The lowest BCUT2D eigenvalue weighted by Gasteiger charge is -2.35. The number of ether oxygens (including phenoxy) is 1. The highest BCUT2D eigenvalue weighted by Gasteiger charge is 2.53. The minimum atomic E-state index is 0.559. The van der Waals surface area contributed by atoms with Gasteiger partial charge in [0.05, 0.1) is 13.2 Å². The average Bonchev–Trinajstić information content (AvgIpc) is 3.11. The van der Waals surface area contributed by atoms with Gasteiger partial charge in [0.15, 0.2) is 0 Å². The van der Waals surface area contributed by atoms with Crippen molar-refractivity contribution in [3.8, 4) is 0 Å². The summed E-state index contributed by atoms with van der Waals surface area (Å²) in [5, 5.41) is 7.56. The van der Waals surface area contributed by atoms with E-state index in [1.807, 2.05) is 0 Å². The Hall–Kier alpha value is -0.120. The molecule has 0 radical (unpaired) electrons. The molecular weight excluding hydrogens is 248 g/mol. The van der Waals surface area contributed by atoms with Gasteiger partial charge in [-0.2, -0.15) is 0 Å². The molecule has 3 aliphatic carbocycles. The molecule has 20 heavy (non-hydrogen) atoms. The topological polar surface area (TPSA) is 33.3 Å². The van der Waals surface area contributed by atoms with Crippen molar-refractivity contribution < 1.29 is 4.74 Å². The summed E-state index contributed by atoms with van der Waals surface area (Å²) in [4.78, 5) is 0. The second-order valence-electron chi connectivity index (χ2n) is 7.79. The van der Waals surface area contributed by atoms with Crippen molar-refractivity contribution in [1.82, 2.24) is 10.6 Å². The van der Waals surface area contributed by atoms with E-state index < -0.39 is 0 Å². The molecule has 0 aromatic heterocycles. The summed E-state index contributed by atoms with van der Waals surface area (Å²) >= 11 is 0. The summed E-state index contributed by atoms with van der Waals surface area (Å²) in [6.07, 6.45) is 8.78. The molecule has 4 fully saturated rings. The zero-order valence-electron chi connectivity index (χ0n) is 12.8. The monoisotopic (exact) mass is 278 g/mol. The largest absolute Gasteiger partial charge is 0.379 e. The number of hydrogen-bond acceptors (Lipinski definition) is 3. The van der Waals surface area contributed by atoms with E-state index in [-0.39, 0.29) is 0 Å². The third-order valence-electron chi connectivity index (χ3n) is 6.56.